The molecule has 0 bridgehead atoms. The molecular formula is C16H24N2O2. The highest BCUT2D eigenvalue weighted by molar-refractivity contribution is 5.76. The number of likely N-dealkylation sites (tertiary alicyclic amines) is 1. The highest BCUT2D eigenvalue weighted by Gasteiger charge is 2.27. The van der Waals surface area contributed by atoms with Crippen LogP contribution in [0.4, 0.5) is 0 Å². The van der Waals surface area contributed by atoms with Crippen molar-refractivity contribution < 1.29 is 9.90 Å². The molecule has 1 aromatic carbocycles. The first kappa shape index (κ1) is 15.0. The fourth-order valence-corrected chi connectivity index (χ4v) is 2.93. The van der Waals surface area contributed by atoms with Crippen LogP contribution in [0.25, 0.3) is 0 Å². The van der Waals surface area contributed by atoms with Crippen molar-refractivity contribution in [1.82, 2.24) is 4.90 Å². The number of carbonyl (C=O) groups is 1. The number of hydrogen-bond acceptors (Lipinski definition) is 3. The van der Waals surface area contributed by atoms with E-state index in [1.807, 2.05) is 30.3 Å². The molecule has 1 heterocycles. The normalized spacial score (nSPS) is 20.5. The Morgan fingerprint density at radius 3 is 2.45 bits per heavy atom. The first-order chi connectivity index (χ1) is 9.58. The van der Waals surface area contributed by atoms with E-state index in [-0.39, 0.29) is 6.04 Å². The SMILES string of the molecule is CC(N)C1CCN(CC(C(=O)O)c2ccccc2)CC1. The lowest BCUT2D eigenvalue weighted by Gasteiger charge is -2.35. The Bertz CT molecular complexity index is 425. The van der Waals surface area contributed by atoms with E-state index in [4.69, 9.17) is 5.73 Å². The molecule has 3 N–H and O–H groups in total. The second-order valence-corrected chi connectivity index (χ2v) is 5.80. The van der Waals surface area contributed by atoms with Crippen LogP contribution >= 0.6 is 0 Å². The van der Waals surface area contributed by atoms with Gasteiger partial charge in [0.1, 0.15) is 0 Å². The molecule has 2 unspecified atom stereocenters. The molecule has 0 saturated carbocycles. The molecule has 4 nitrogen and oxygen atoms in total. The maximum atomic E-state index is 11.5. The lowest BCUT2D eigenvalue weighted by molar-refractivity contribution is -0.139. The van der Waals surface area contributed by atoms with E-state index in [9.17, 15) is 9.90 Å². The van der Waals surface area contributed by atoms with Crippen molar-refractivity contribution in [3.8, 4) is 0 Å². The minimum absolute atomic E-state index is 0.238. The van der Waals surface area contributed by atoms with Crippen LogP contribution in [0.3, 0.4) is 0 Å². The quantitative estimate of drug-likeness (QED) is 0.862. The van der Waals surface area contributed by atoms with Crippen molar-refractivity contribution in [3.63, 3.8) is 0 Å². The van der Waals surface area contributed by atoms with E-state index in [0.29, 0.717) is 12.5 Å². The Hall–Kier alpha value is -1.39. The van der Waals surface area contributed by atoms with Crippen molar-refractivity contribution in [2.24, 2.45) is 11.7 Å². The third-order valence-electron chi connectivity index (χ3n) is 4.32. The molecule has 1 aliphatic rings. The number of carboxylic acids is 1. The Balaban J connectivity index is 1.95. The first-order valence-electron chi connectivity index (χ1n) is 7.33. The van der Waals surface area contributed by atoms with Gasteiger partial charge in [0.2, 0.25) is 0 Å². The van der Waals surface area contributed by atoms with Gasteiger partial charge < -0.3 is 15.7 Å². The van der Waals surface area contributed by atoms with Gasteiger partial charge in [-0.2, -0.15) is 0 Å². The molecule has 2 atom stereocenters. The number of rotatable bonds is 5. The highest BCUT2D eigenvalue weighted by atomic mass is 16.4. The van der Waals surface area contributed by atoms with Gasteiger partial charge >= 0.3 is 5.97 Å². The summed E-state index contributed by atoms with van der Waals surface area (Å²) < 4.78 is 0. The van der Waals surface area contributed by atoms with E-state index < -0.39 is 11.9 Å². The largest absolute Gasteiger partial charge is 0.481 e. The molecular weight excluding hydrogens is 252 g/mol. The Morgan fingerprint density at radius 2 is 1.95 bits per heavy atom. The van der Waals surface area contributed by atoms with E-state index in [1.165, 1.54) is 0 Å². The minimum atomic E-state index is -0.745. The van der Waals surface area contributed by atoms with Crippen molar-refractivity contribution >= 4 is 5.97 Å². The summed E-state index contributed by atoms with van der Waals surface area (Å²) in [6.45, 7) is 4.54. The topological polar surface area (TPSA) is 66.6 Å². The molecule has 1 saturated heterocycles. The predicted molar refractivity (Wildman–Crippen MR) is 79.6 cm³/mol. The van der Waals surface area contributed by atoms with Gasteiger partial charge in [0.05, 0.1) is 5.92 Å². The fraction of sp³-hybridized carbons (Fsp3) is 0.562. The molecule has 1 fully saturated rings. The standard InChI is InChI=1S/C16H24N2O2/c1-12(17)13-7-9-18(10-8-13)11-15(16(19)20)14-5-3-2-4-6-14/h2-6,12-13,15H,7-11,17H2,1H3,(H,19,20). The van der Waals surface area contributed by atoms with Crippen LogP contribution in [-0.2, 0) is 4.79 Å². The average Bonchev–Trinajstić information content (AvgIpc) is 2.46. The number of benzene rings is 1. The Labute approximate surface area is 120 Å². The monoisotopic (exact) mass is 276 g/mol. The van der Waals surface area contributed by atoms with Crippen LogP contribution in [0.15, 0.2) is 30.3 Å². The lowest BCUT2D eigenvalue weighted by atomic mass is 9.90. The lowest BCUT2D eigenvalue weighted by Crippen LogP contribution is -2.42. The third kappa shape index (κ3) is 3.81. The first-order valence-corrected chi connectivity index (χ1v) is 7.33. The number of hydrogen-bond donors (Lipinski definition) is 2. The molecule has 1 aromatic rings. The summed E-state index contributed by atoms with van der Waals surface area (Å²) in [7, 11) is 0. The zero-order valence-electron chi connectivity index (χ0n) is 12.0. The second kappa shape index (κ2) is 6.86. The zero-order chi connectivity index (χ0) is 14.5. The van der Waals surface area contributed by atoms with Crippen molar-refractivity contribution in [1.29, 1.82) is 0 Å². The number of aliphatic carboxylic acids is 1. The molecule has 0 radical (unpaired) electrons. The highest BCUT2D eigenvalue weighted by Crippen LogP contribution is 2.23. The minimum Gasteiger partial charge on any atom is -0.481 e. The summed E-state index contributed by atoms with van der Waals surface area (Å²) in [6.07, 6.45) is 2.14. The van der Waals surface area contributed by atoms with E-state index in [1.54, 1.807) is 0 Å². The van der Waals surface area contributed by atoms with Crippen LogP contribution in [-0.4, -0.2) is 41.7 Å². The molecule has 0 spiro atoms. The number of nitrogens with zero attached hydrogens (tertiary/aromatic N) is 1. The van der Waals surface area contributed by atoms with Gasteiger partial charge in [0.15, 0.2) is 0 Å². The average molecular weight is 276 g/mol. The van der Waals surface area contributed by atoms with Crippen LogP contribution in [0.2, 0.25) is 0 Å². The van der Waals surface area contributed by atoms with E-state index in [0.717, 1.165) is 31.5 Å². The Morgan fingerprint density at radius 1 is 1.35 bits per heavy atom. The van der Waals surface area contributed by atoms with Gasteiger partial charge in [-0.25, -0.2) is 0 Å². The molecule has 20 heavy (non-hydrogen) atoms. The summed E-state index contributed by atoms with van der Waals surface area (Å²) in [5.41, 5.74) is 6.82. The summed E-state index contributed by atoms with van der Waals surface area (Å²) in [6, 6.07) is 9.74. The Kier molecular flexibility index (Phi) is 5.15. The van der Waals surface area contributed by atoms with Crippen molar-refractivity contribution in [2.45, 2.75) is 31.7 Å². The van der Waals surface area contributed by atoms with Crippen LogP contribution in [0.1, 0.15) is 31.2 Å². The molecule has 4 heteroatoms. The summed E-state index contributed by atoms with van der Waals surface area (Å²) in [5, 5.41) is 9.45. The molecule has 110 valence electrons. The number of carboxylic acid groups (broad SMARTS) is 1. The van der Waals surface area contributed by atoms with Gasteiger partial charge in [-0.3, -0.25) is 4.79 Å². The smallest absolute Gasteiger partial charge is 0.312 e. The maximum absolute atomic E-state index is 11.5. The third-order valence-corrected chi connectivity index (χ3v) is 4.32. The van der Waals surface area contributed by atoms with Gasteiger partial charge in [-0.05, 0) is 44.3 Å². The molecule has 2 rings (SSSR count). The molecule has 0 aromatic heterocycles. The summed E-state index contributed by atoms with van der Waals surface area (Å²) in [5.74, 6) is -0.611. The van der Waals surface area contributed by atoms with Crippen molar-refractivity contribution in [2.75, 3.05) is 19.6 Å². The van der Waals surface area contributed by atoms with Crippen LogP contribution in [0.5, 0.6) is 0 Å². The number of nitrogens with two attached hydrogens (primary N) is 1. The summed E-state index contributed by atoms with van der Waals surface area (Å²) >= 11 is 0. The van der Waals surface area contributed by atoms with Gasteiger partial charge in [0.25, 0.3) is 0 Å². The zero-order valence-corrected chi connectivity index (χ0v) is 12.0. The fourth-order valence-electron chi connectivity index (χ4n) is 2.93. The number of piperidine rings is 1. The van der Waals surface area contributed by atoms with E-state index in [2.05, 4.69) is 11.8 Å². The van der Waals surface area contributed by atoms with Crippen LogP contribution in [0, 0.1) is 5.92 Å². The maximum Gasteiger partial charge on any atom is 0.312 e. The van der Waals surface area contributed by atoms with Crippen LogP contribution < -0.4 is 5.73 Å². The van der Waals surface area contributed by atoms with E-state index >= 15 is 0 Å². The second-order valence-electron chi connectivity index (χ2n) is 5.80. The van der Waals surface area contributed by atoms with Crippen molar-refractivity contribution in [3.05, 3.63) is 35.9 Å². The van der Waals surface area contributed by atoms with Gasteiger partial charge in [-0.15, -0.1) is 0 Å². The summed E-state index contributed by atoms with van der Waals surface area (Å²) in [4.78, 5) is 13.8. The molecule has 1 aliphatic heterocycles. The predicted octanol–water partition coefficient (Wildman–Crippen LogP) is 1.91. The molecule has 0 aliphatic carbocycles. The van der Waals surface area contributed by atoms with Gasteiger partial charge in [-0.1, -0.05) is 30.3 Å². The molecule has 0 amide bonds. The van der Waals surface area contributed by atoms with Gasteiger partial charge in [0, 0.05) is 12.6 Å².